The van der Waals surface area contributed by atoms with Crippen molar-refractivity contribution in [1.82, 2.24) is 20.1 Å². The van der Waals surface area contributed by atoms with Gasteiger partial charge in [0, 0.05) is 12.1 Å². The molecule has 0 saturated heterocycles. The number of thiazole rings is 1. The summed E-state index contributed by atoms with van der Waals surface area (Å²) in [6.45, 7) is 5.23. The first-order valence-electron chi connectivity index (χ1n) is 9.04. The molecule has 0 unspecified atom stereocenters. The molecule has 0 spiro atoms. The van der Waals surface area contributed by atoms with Crippen molar-refractivity contribution >= 4 is 38.6 Å². The molecule has 4 N–H and O–H groups in total. The van der Waals surface area contributed by atoms with Crippen LogP contribution in [-0.4, -0.2) is 56.0 Å². The molecule has 0 fully saturated rings. The van der Waals surface area contributed by atoms with Crippen LogP contribution < -0.4 is 10.6 Å². The van der Waals surface area contributed by atoms with Crippen LogP contribution in [0.15, 0.2) is 30.3 Å². The molecule has 29 heavy (non-hydrogen) atoms. The standard InChI is InChI=1S/C19H23N5O4S/c1-19(2,3)24-15-14(13(23-24)17(28)20-9-12(26)10-25)29-18(21-15)22-16(27)11-7-5-4-6-8-11/h4-8,12,25-26H,9-10H2,1-3H3,(H,20,28)(H,21,22,27)/t12-/m0/s1. The Labute approximate surface area is 171 Å². The van der Waals surface area contributed by atoms with Crippen LogP contribution in [0.25, 0.3) is 10.3 Å². The number of fused-ring (bicyclic) bond motifs is 1. The smallest absolute Gasteiger partial charge is 0.273 e. The number of aliphatic hydroxyl groups is 2. The van der Waals surface area contributed by atoms with Crippen molar-refractivity contribution in [1.29, 1.82) is 0 Å². The quantitative estimate of drug-likeness (QED) is 0.482. The SMILES string of the molecule is CC(C)(C)n1nc(C(=O)NC[C@H](O)CO)c2sc(NC(=O)c3ccccc3)nc21. The first kappa shape index (κ1) is 20.9. The summed E-state index contributed by atoms with van der Waals surface area (Å²) in [4.78, 5) is 29.5. The Balaban J connectivity index is 1.93. The van der Waals surface area contributed by atoms with Crippen molar-refractivity contribution in [2.24, 2.45) is 0 Å². The minimum absolute atomic E-state index is 0.102. The molecule has 1 aromatic carbocycles. The number of nitrogens with zero attached hydrogens (tertiary/aromatic N) is 3. The number of hydrogen-bond donors (Lipinski definition) is 4. The van der Waals surface area contributed by atoms with Gasteiger partial charge in [0.2, 0.25) is 0 Å². The molecule has 2 heterocycles. The second-order valence-electron chi connectivity index (χ2n) is 7.47. The fraction of sp³-hybridized carbons (Fsp3) is 0.368. The zero-order valence-corrected chi connectivity index (χ0v) is 17.2. The summed E-state index contributed by atoms with van der Waals surface area (Å²) in [5.74, 6) is -0.788. The first-order chi connectivity index (χ1) is 13.7. The van der Waals surface area contributed by atoms with Crippen LogP contribution in [0, 0.1) is 0 Å². The zero-order chi connectivity index (χ0) is 21.2. The van der Waals surface area contributed by atoms with E-state index in [-0.39, 0.29) is 18.1 Å². The van der Waals surface area contributed by atoms with E-state index in [1.165, 1.54) is 0 Å². The number of carbonyl (C=O) groups is 2. The third-order valence-corrected chi connectivity index (χ3v) is 5.01. The number of anilines is 1. The Bertz CT molecular complexity index is 1020. The molecule has 3 aromatic rings. The summed E-state index contributed by atoms with van der Waals surface area (Å²) in [7, 11) is 0. The van der Waals surface area contributed by atoms with Crippen molar-refractivity contribution in [2.45, 2.75) is 32.4 Å². The highest BCUT2D eigenvalue weighted by atomic mass is 32.1. The van der Waals surface area contributed by atoms with Gasteiger partial charge in [-0.15, -0.1) is 0 Å². The van der Waals surface area contributed by atoms with Gasteiger partial charge in [-0.1, -0.05) is 29.5 Å². The van der Waals surface area contributed by atoms with E-state index in [1.807, 2.05) is 26.8 Å². The summed E-state index contributed by atoms with van der Waals surface area (Å²) >= 11 is 1.15. The predicted molar refractivity (Wildman–Crippen MR) is 110 cm³/mol. The lowest BCUT2D eigenvalue weighted by Crippen LogP contribution is -2.34. The maximum Gasteiger partial charge on any atom is 0.273 e. The topological polar surface area (TPSA) is 129 Å². The molecule has 2 amide bonds. The molecule has 3 rings (SSSR count). The number of hydrogen-bond acceptors (Lipinski definition) is 7. The van der Waals surface area contributed by atoms with Gasteiger partial charge < -0.3 is 15.5 Å². The molecule has 0 aliphatic heterocycles. The predicted octanol–water partition coefficient (Wildman–Crippen LogP) is 1.58. The molecule has 9 nitrogen and oxygen atoms in total. The highest BCUT2D eigenvalue weighted by Crippen LogP contribution is 2.32. The number of carbonyl (C=O) groups excluding carboxylic acids is 2. The van der Waals surface area contributed by atoms with Crippen LogP contribution in [-0.2, 0) is 5.54 Å². The second kappa shape index (κ2) is 8.27. The second-order valence-corrected chi connectivity index (χ2v) is 8.47. The van der Waals surface area contributed by atoms with E-state index in [0.717, 1.165) is 11.3 Å². The van der Waals surface area contributed by atoms with Gasteiger partial charge in [0.15, 0.2) is 16.5 Å². The summed E-state index contributed by atoms with van der Waals surface area (Å²) in [5, 5.41) is 28.4. The third-order valence-electron chi connectivity index (χ3n) is 4.04. The summed E-state index contributed by atoms with van der Waals surface area (Å²) in [6.07, 6.45) is -1.05. The average Bonchev–Trinajstić information content (AvgIpc) is 3.24. The Morgan fingerprint density at radius 3 is 2.52 bits per heavy atom. The van der Waals surface area contributed by atoms with Crippen molar-refractivity contribution < 1.29 is 19.8 Å². The molecular weight excluding hydrogens is 394 g/mol. The first-order valence-corrected chi connectivity index (χ1v) is 9.86. The van der Waals surface area contributed by atoms with E-state index in [0.29, 0.717) is 21.0 Å². The molecule has 0 aliphatic rings. The maximum atomic E-state index is 12.6. The number of nitrogens with one attached hydrogen (secondary N) is 2. The van der Waals surface area contributed by atoms with Gasteiger partial charge in [-0.2, -0.15) is 10.1 Å². The van der Waals surface area contributed by atoms with Gasteiger partial charge in [-0.25, -0.2) is 4.68 Å². The molecule has 0 saturated carbocycles. The van der Waals surface area contributed by atoms with E-state index < -0.39 is 24.2 Å². The van der Waals surface area contributed by atoms with Crippen LogP contribution in [0.5, 0.6) is 0 Å². The van der Waals surface area contributed by atoms with Crippen LogP contribution >= 0.6 is 11.3 Å². The number of rotatable bonds is 6. The van der Waals surface area contributed by atoms with E-state index in [4.69, 9.17) is 5.11 Å². The molecule has 154 valence electrons. The number of benzene rings is 1. The summed E-state index contributed by atoms with van der Waals surface area (Å²) in [5.41, 5.74) is 0.688. The lowest BCUT2D eigenvalue weighted by molar-refractivity contribution is 0.0799. The molecule has 0 aliphatic carbocycles. The zero-order valence-electron chi connectivity index (χ0n) is 16.3. The minimum atomic E-state index is -1.05. The van der Waals surface area contributed by atoms with E-state index in [9.17, 15) is 14.7 Å². The van der Waals surface area contributed by atoms with Gasteiger partial charge in [-0.05, 0) is 32.9 Å². The Kier molecular flexibility index (Phi) is 5.96. The van der Waals surface area contributed by atoms with Gasteiger partial charge in [0.25, 0.3) is 11.8 Å². The van der Waals surface area contributed by atoms with E-state index in [1.54, 1.807) is 28.9 Å². The van der Waals surface area contributed by atoms with Crippen molar-refractivity contribution in [2.75, 3.05) is 18.5 Å². The maximum absolute atomic E-state index is 12.6. The van der Waals surface area contributed by atoms with E-state index in [2.05, 4.69) is 20.7 Å². The number of amides is 2. The van der Waals surface area contributed by atoms with Gasteiger partial charge >= 0.3 is 0 Å². The Hall–Kier alpha value is -2.82. The fourth-order valence-corrected chi connectivity index (χ4v) is 3.51. The number of aliphatic hydroxyl groups excluding tert-OH is 2. The Morgan fingerprint density at radius 1 is 1.21 bits per heavy atom. The van der Waals surface area contributed by atoms with Crippen LogP contribution in [0.3, 0.4) is 0 Å². The van der Waals surface area contributed by atoms with Crippen molar-refractivity contribution in [3.63, 3.8) is 0 Å². The summed E-state index contributed by atoms with van der Waals surface area (Å²) < 4.78 is 2.16. The van der Waals surface area contributed by atoms with Crippen molar-refractivity contribution in [3.05, 3.63) is 41.6 Å². The summed E-state index contributed by atoms with van der Waals surface area (Å²) in [6, 6.07) is 8.77. The Morgan fingerprint density at radius 2 is 1.90 bits per heavy atom. The molecule has 1 atom stereocenters. The fourth-order valence-electron chi connectivity index (χ4n) is 2.59. The molecule has 10 heteroatoms. The minimum Gasteiger partial charge on any atom is -0.394 e. The normalized spacial score (nSPS) is 12.7. The lowest BCUT2D eigenvalue weighted by atomic mass is 10.1. The molecule has 0 radical (unpaired) electrons. The van der Waals surface area contributed by atoms with Gasteiger partial charge in [-0.3, -0.25) is 14.9 Å². The van der Waals surface area contributed by atoms with Gasteiger partial charge in [0.05, 0.1) is 18.2 Å². The lowest BCUT2D eigenvalue weighted by Gasteiger charge is -2.19. The van der Waals surface area contributed by atoms with Crippen LogP contribution in [0.4, 0.5) is 5.13 Å². The van der Waals surface area contributed by atoms with Crippen molar-refractivity contribution in [3.8, 4) is 0 Å². The van der Waals surface area contributed by atoms with Crippen LogP contribution in [0.2, 0.25) is 0 Å². The molecular formula is C19H23N5O4S. The third kappa shape index (κ3) is 4.61. The average molecular weight is 417 g/mol. The monoisotopic (exact) mass is 417 g/mol. The highest BCUT2D eigenvalue weighted by Gasteiger charge is 2.27. The molecule has 0 bridgehead atoms. The number of aromatic nitrogens is 3. The van der Waals surface area contributed by atoms with E-state index >= 15 is 0 Å². The largest absolute Gasteiger partial charge is 0.394 e. The molecule has 2 aromatic heterocycles. The van der Waals surface area contributed by atoms with Crippen LogP contribution in [0.1, 0.15) is 41.6 Å². The van der Waals surface area contributed by atoms with Gasteiger partial charge in [0.1, 0.15) is 4.70 Å². The highest BCUT2D eigenvalue weighted by molar-refractivity contribution is 7.22.